The summed E-state index contributed by atoms with van der Waals surface area (Å²) in [5, 5.41) is 0.272. The van der Waals surface area contributed by atoms with Crippen molar-refractivity contribution in [2.45, 2.75) is 33.1 Å². The number of amides is 1. The third kappa shape index (κ3) is 3.41. The van der Waals surface area contributed by atoms with Gasteiger partial charge in [0.1, 0.15) is 0 Å². The number of hydrogen-bond donors (Lipinski definition) is 0. The molecule has 0 N–H and O–H groups in total. The summed E-state index contributed by atoms with van der Waals surface area (Å²) in [4.78, 5) is 14.1. The zero-order valence-corrected chi connectivity index (χ0v) is 12.2. The molecule has 1 saturated heterocycles. The van der Waals surface area contributed by atoms with Gasteiger partial charge in [0.25, 0.3) is 5.24 Å². The van der Waals surface area contributed by atoms with E-state index in [9.17, 15) is 4.79 Å². The molecule has 0 aromatic rings. The smallest absolute Gasteiger partial charge is 0.281 e. The molecule has 0 spiro atoms. The first kappa shape index (κ1) is 13.7. The lowest BCUT2D eigenvalue weighted by Crippen LogP contribution is -2.34. The standard InChI is InChI=1S/C15H23NOS/c1-15(2)9-5-4-8-13(15)12-18-14(17)16-10-6-3-7-11-16/h4-5,8-9,13H,3,6-7,10-12H2,1-2H3. The van der Waals surface area contributed by atoms with E-state index in [1.807, 2.05) is 4.90 Å². The van der Waals surface area contributed by atoms with E-state index in [0.29, 0.717) is 5.92 Å². The maximum atomic E-state index is 12.1. The summed E-state index contributed by atoms with van der Waals surface area (Å²) in [6.07, 6.45) is 12.3. The molecule has 0 bridgehead atoms. The van der Waals surface area contributed by atoms with Crippen LogP contribution in [0.2, 0.25) is 0 Å². The molecule has 2 aliphatic rings. The molecule has 1 aliphatic heterocycles. The van der Waals surface area contributed by atoms with E-state index < -0.39 is 0 Å². The van der Waals surface area contributed by atoms with Gasteiger partial charge in [-0.3, -0.25) is 4.79 Å². The van der Waals surface area contributed by atoms with Crippen LogP contribution in [0.25, 0.3) is 0 Å². The van der Waals surface area contributed by atoms with Crippen molar-refractivity contribution in [2.75, 3.05) is 18.8 Å². The fourth-order valence-electron chi connectivity index (χ4n) is 2.47. The third-order valence-corrected chi connectivity index (χ3v) is 4.97. The van der Waals surface area contributed by atoms with Gasteiger partial charge in [-0.25, -0.2) is 0 Å². The third-order valence-electron chi connectivity index (χ3n) is 3.94. The van der Waals surface area contributed by atoms with E-state index in [4.69, 9.17) is 0 Å². The van der Waals surface area contributed by atoms with Crippen LogP contribution < -0.4 is 0 Å². The van der Waals surface area contributed by atoms with Crippen molar-refractivity contribution in [3.05, 3.63) is 24.3 Å². The van der Waals surface area contributed by atoms with Gasteiger partial charge in [-0.05, 0) is 30.6 Å². The predicted molar refractivity (Wildman–Crippen MR) is 78.8 cm³/mol. The molecule has 100 valence electrons. The number of rotatable bonds is 2. The first-order chi connectivity index (χ1) is 8.59. The molecule has 0 radical (unpaired) electrons. The van der Waals surface area contributed by atoms with Crippen LogP contribution >= 0.6 is 11.8 Å². The minimum absolute atomic E-state index is 0.171. The molecule has 2 rings (SSSR count). The highest BCUT2D eigenvalue weighted by Gasteiger charge is 2.28. The van der Waals surface area contributed by atoms with Crippen LogP contribution in [0.1, 0.15) is 33.1 Å². The molecule has 1 atom stereocenters. The number of likely N-dealkylation sites (tertiary alicyclic amines) is 1. The quantitative estimate of drug-likeness (QED) is 0.749. The lowest BCUT2D eigenvalue weighted by molar-refractivity contribution is 0.211. The van der Waals surface area contributed by atoms with Crippen LogP contribution in [0.15, 0.2) is 24.3 Å². The average molecular weight is 265 g/mol. The Morgan fingerprint density at radius 1 is 1.28 bits per heavy atom. The average Bonchev–Trinajstić information content (AvgIpc) is 2.38. The maximum Gasteiger partial charge on any atom is 0.281 e. The Kier molecular flexibility index (Phi) is 4.55. The topological polar surface area (TPSA) is 20.3 Å². The van der Waals surface area contributed by atoms with Gasteiger partial charge >= 0.3 is 0 Å². The Hall–Kier alpha value is -0.700. The van der Waals surface area contributed by atoms with Gasteiger partial charge in [-0.1, -0.05) is 49.9 Å². The molecule has 0 saturated carbocycles. The summed E-state index contributed by atoms with van der Waals surface area (Å²) in [5.74, 6) is 1.35. The highest BCUT2D eigenvalue weighted by atomic mass is 32.2. The Balaban J connectivity index is 1.82. The maximum absolute atomic E-state index is 12.1. The lowest BCUT2D eigenvalue weighted by Gasteiger charge is -2.32. The Bertz CT molecular complexity index is 354. The molecule has 1 fully saturated rings. The molecule has 1 aliphatic carbocycles. The number of allylic oxidation sites excluding steroid dienone is 4. The molecular weight excluding hydrogens is 242 g/mol. The fraction of sp³-hybridized carbons (Fsp3) is 0.667. The second kappa shape index (κ2) is 5.96. The molecule has 1 unspecified atom stereocenters. The van der Waals surface area contributed by atoms with Crippen LogP contribution in [-0.4, -0.2) is 29.0 Å². The zero-order valence-electron chi connectivity index (χ0n) is 11.4. The molecule has 2 nitrogen and oxygen atoms in total. The van der Waals surface area contributed by atoms with Crippen molar-refractivity contribution in [3.63, 3.8) is 0 Å². The van der Waals surface area contributed by atoms with Crippen LogP contribution in [0.5, 0.6) is 0 Å². The van der Waals surface area contributed by atoms with E-state index >= 15 is 0 Å². The normalized spacial score (nSPS) is 26.3. The van der Waals surface area contributed by atoms with Crippen molar-refractivity contribution in [2.24, 2.45) is 11.3 Å². The molecule has 0 aromatic carbocycles. The summed E-state index contributed by atoms with van der Waals surface area (Å²) < 4.78 is 0. The van der Waals surface area contributed by atoms with E-state index in [1.54, 1.807) is 0 Å². The van der Waals surface area contributed by atoms with E-state index in [2.05, 4.69) is 38.2 Å². The molecular formula is C15H23NOS. The number of carbonyl (C=O) groups is 1. The monoisotopic (exact) mass is 265 g/mol. The minimum atomic E-state index is 0.171. The molecule has 1 amide bonds. The van der Waals surface area contributed by atoms with Crippen molar-refractivity contribution < 1.29 is 4.79 Å². The van der Waals surface area contributed by atoms with Crippen molar-refractivity contribution in [1.29, 1.82) is 0 Å². The van der Waals surface area contributed by atoms with E-state index in [-0.39, 0.29) is 10.7 Å². The zero-order chi connectivity index (χ0) is 13.0. The van der Waals surface area contributed by atoms with Crippen LogP contribution in [0.4, 0.5) is 4.79 Å². The highest BCUT2D eigenvalue weighted by Crippen LogP contribution is 2.35. The summed E-state index contributed by atoms with van der Waals surface area (Å²) in [7, 11) is 0. The number of piperidine rings is 1. The molecule has 1 heterocycles. The van der Waals surface area contributed by atoms with Crippen LogP contribution in [-0.2, 0) is 0 Å². The Morgan fingerprint density at radius 3 is 2.67 bits per heavy atom. The second-order valence-electron chi connectivity index (χ2n) is 5.80. The van der Waals surface area contributed by atoms with Crippen molar-refractivity contribution in [3.8, 4) is 0 Å². The largest absolute Gasteiger partial charge is 0.334 e. The molecule has 0 aromatic heterocycles. The van der Waals surface area contributed by atoms with Crippen molar-refractivity contribution in [1.82, 2.24) is 4.90 Å². The van der Waals surface area contributed by atoms with Gasteiger partial charge in [-0.15, -0.1) is 0 Å². The van der Waals surface area contributed by atoms with Crippen molar-refractivity contribution >= 4 is 17.0 Å². The van der Waals surface area contributed by atoms with Gasteiger partial charge in [0.2, 0.25) is 0 Å². The summed E-state index contributed by atoms with van der Waals surface area (Å²) >= 11 is 1.49. The lowest BCUT2D eigenvalue weighted by atomic mass is 9.77. The van der Waals surface area contributed by atoms with Gasteiger partial charge in [0.05, 0.1) is 0 Å². The van der Waals surface area contributed by atoms with Crippen LogP contribution in [0, 0.1) is 11.3 Å². The first-order valence-electron chi connectivity index (χ1n) is 6.87. The number of hydrogen-bond acceptors (Lipinski definition) is 2. The summed E-state index contributed by atoms with van der Waals surface area (Å²) in [6.45, 7) is 6.39. The highest BCUT2D eigenvalue weighted by molar-refractivity contribution is 8.13. The minimum Gasteiger partial charge on any atom is -0.334 e. The van der Waals surface area contributed by atoms with E-state index in [1.165, 1.54) is 31.0 Å². The number of nitrogens with zero attached hydrogens (tertiary/aromatic N) is 1. The van der Waals surface area contributed by atoms with Crippen LogP contribution in [0.3, 0.4) is 0 Å². The summed E-state index contributed by atoms with van der Waals surface area (Å²) in [5.41, 5.74) is 0.171. The van der Waals surface area contributed by atoms with Gasteiger partial charge in [-0.2, -0.15) is 0 Å². The van der Waals surface area contributed by atoms with Gasteiger partial charge < -0.3 is 4.90 Å². The Morgan fingerprint density at radius 2 is 2.00 bits per heavy atom. The first-order valence-corrected chi connectivity index (χ1v) is 7.86. The van der Waals surface area contributed by atoms with Gasteiger partial charge in [0.15, 0.2) is 0 Å². The fourth-order valence-corrected chi connectivity index (χ4v) is 3.70. The predicted octanol–water partition coefficient (Wildman–Crippen LogP) is 4.09. The van der Waals surface area contributed by atoms with Gasteiger partial charge in [0, 0.05) is 18.8 Å². The number of thioether (sulfide) groups is 1. The molecule has 3 heteroatoms. The molecule has 18 heavy (non-hydrogen) atoms. The second-order valence-corrected chi connectivity index (χ2v) is 6.77. The Labute approximate surface area is 115 Å². The summed E-state index contributed by atoms with van der Waals surface area (Å²) in [6, 6.07) is 0. The number of carbonyl (C=O) groups excluding carboxylic acids is 1. The SMILES string of the molecule is CC1(C)C=CC=CC1CSC(=O)N1CCCCC1. The van der Waals surface area contributed by atoms with E-state index in [0.717, 1.165) is 18.8 Å².